The first kappa shape index (κ1) is 28.6. The molecule has 0 N–H and O–H groups in total. The summed E-state index contributed by atoms with van der Waals surface area (Å²) >= 11 is 0. The van der Waals surface area contributed by atoms with Crippen molar-refractivity contribution in [3.05, 3.63) is 12.0 Å². The highest BCUT2D eigenvalue weighted by Gasteiger charge is 2.17. The Morgan fingerprint density at radius 2 is 0.900 bits per heavy atom. The average Bonchev–Trinajstić information content (AvgIpc) is 2.74. The number of nitrogens with zero attached hydrogens (tertiary/aromatic N) is 3. The van der Waals surface area contributed by atoms with Crippen LogP contribution in [0, 0.1) is 22.7 Å². The quantitative estimate of drug-likeness (QED) is 0.174. The molecule has 0 fully saturated rings. The van der Waals surface area contributed by atoms with E-state index in [1.807, 2.05) is 0 Å². The van der Waals surface area contributed by atoms with Crippen molar-refractivity contribution in [3.8, 4) is 12.1 Å². The fraction of sp³-hybridized carbons (Fsp3) is 0.833. The number of hydrogen-bond acceptors (Lipinski definition) is 4. The molecular formula is C24H43N3O2S. The normalized spacial score (nSPS) is 11.3. The predicted molar refractivity (Wildman–Crippen MR) is 125 cm³/mol. The van der Waals surface area contributed by atoms with E-state index in [0.717, 1.165) is 69.6 Å². The Morgan fingerprint density at radius 3 is 1.20 bits per heavy atom. The molecule has 0 saturated heterocycles. The number of rotatable bonds is 22. The molecule has 0 bridgehead atoms. The third kappa shape index (κ3) is 17.5. The van der Waals surface area contributed by atoms with Gasteiger partial charge in [0, 0.05) is 31.3 Å². The lowest BCUT2D eigenvalue weighted by atomic mass is 10.1. The highest BCUT2D eigenvalue weighted by molar-refractivity contribution is 7.92. The maximum absolute atomic E-state index is 12.2. The van der Waals surface area contributed by atoms with Gasteiger partial charge >= 0.3 is 0 Å². The van der Waals surface area contributed by atoms with Crippen LogP contribution in [0.4, 0.5) is 0 Å². The number of sulfonamides is 1. The molecule has 0 aromatic heterocycles. The van der Waals surface area contributed by atoms with Crippen LogP contribution in [0.15, 0.2) is 12.0 Å². The van der Waals surface area contributed by atoms with E-state index in [4.69, 9.17) is 10.5 Å². The van der Waals surface area contributed by atoms with Gasteiger partial charge in [0.05, 0.1) is 12.1 Å². The lowest BCUT2D eigenvalue weighted by molar-refractivity contribution is 0.387. The molecule has 0 atom stereocenters. The number of nitriles is 2. The Bertz CT molecular complexity index is 557. The molecule has 0 saturated carbocycles. The van der Waals surface area contributed by atoms with E-state index in [1.165, 1.54) is 38.5 Å². The summed E-state index contributed by atoms with van der Waals surface area (Å²) in [5.74, 6) is 0. The molecule has 172 valence electrons. The van der Waals surface area contributed by atoms with Gasteiger partial charge in [-0.15, -0.1) is 0 Å². The van der Waals surface area contributed by atoms with Gasteiger partial charge < -0.3 is 0 Å². The molecule has 0 spiro atoms. The molecule has 0 amide bonds. The minimum atomic E-state index is -3.34. The maximum Gasteiger partial charge on any atom is 0.235 e. The van der Waals surface area contributed by atoms with Gasteiger partial charge in [0.1, 0.15) is 0 Å². The monoisotopic (exact) mass is 437 g/mol. The van der Waals surface area contributed by atoms with Crippen molar-refractivity contribution in [2.75, 3.05) is 13.1 Å². The molecule has 0 unspecified atom stereocenters. The van der Waals surface area contributed by atoms with Crippen molar-refractivity contribution >= 4 is 10.0 Å². The zero-order valence-corrected chi connectivity index (χ0v) is 19.8. The molecule has 0 aromatic carbocycles. The summed E-state index contributed by atoms with van der Waals surface area (Å²) in [6, 6.07) is 4.36. The van der Waals surface area contributed by atoms with Gasteiger partial charge in [0.15, 0.2) is 0 Å². The summed E-state index contributed by atoms with van der Waals surface area (Å²) in [4.78, 5) is 0. The largest absolute Gasteiger partial charge is 0.235 e. The highest BCUT2D eigenvalue weighted by atomic mass is 32.2. The Labute approximate surface area is 186 Å². The minimum Gasteiger partial charge on any atom is -0.208 e. The van der Waals surface area contributed by atoms with E-state index >= 15 is 0 Å². The smallest absolute Gasteiger partial charge is 0.208 e. The standard InChI is InChI=1S/C24H43N3O2S/c1-2-30(28,29)27(23-19-15-11-7-3-5-9-13-17-21-25)24-20-16-12-8-4-6-10-14-18-22-26/h2H,1,3-20,23-24H2. The molecule has 0 heterocycles. The molecule has 0 aliphatic heterocycles. The van der Waals surface area contributed by atoms with Gasteiger partial charge in [-0.05, 0) is 25.7 Å². The number of hydrogen-bond donors (Lipinski definition) is 0. The van der Waals surface area contributed by atoms with Crippen LogP contribution in [-0.4, -0.2) is 25.8 Å². The van der Waals surface area contributed by atoms with Crippen molar-refractivity contribution in [2.45, 2.75) is 116 Å². The first-order chi connectivity index (χ1) is 14.6. The molecular weight excluding hydrogens is 394 g/mol. The Balaban J connectivity index is 3.82. The zero-order valence-electron chi connectivity index (χ0n) is 19.0. The fourth-order valence-electron chi connectivity index (χ4n) is 3.58. The van der Waals surface area contributed by atoms with Crippen molar-refractivity contribution in [3.63, 3.8) is 0 Å². The average molecular weight is 438 g/mol. The number of unbranched alkanes of at least 4 members (excludes halogenated alkanes) is 16. The van der Waals surface area contributed by atoms with Gasteiger partial charge in [-0.25, -0.2) is 8.42 Å². The van der Waals surface area contributed by atoms with Crippen LogP contribution >= 0.6 is 0 Å². The van der Waals surface area contributed by atoms with Crippen LogP contribution in [0.5, 0.6) is 0 Å². The first-order valence-corrected chi connectivity index (χ1v) is 13.4. The molecule has 0 aromatic rings. The van der Waals surface area contributed by atoms with Crippen molar-refractivity contribution in [1.29, 1.82) is 10.5 Å². The van der Waals surface area contributed by atoms with Crippen LogP contribution in [0.25, 0.3) is 0 Å². The van der Waals surface area contributed by atoms with Gasteiger partial charge in [-0.2, -0.15) is 14.8 Å². The molecule has 0 aliphatic carbocycles. The third-order valence-electron chi connectivity index (χ3n) is 5.46. The summed E-state index contributed by atoms with van der Waals surface area (Å²) in [6.45, 7) is 4.67. The van der Waals surface area contributed by atoms with Crippen LogP contribution in [-0.2, 0) is 10.0 Å². The Kier molecular flexibility index (Phi) is 19.9. The van der Waals surface area contributed by atoms with Gasteiger partial charge in [-0.3, -0.25) is 0 Å². The molecule has 5 nitrogen and oxygen atoms in total. The summed E-state index contributed by atoms with van der Waals surface area (Å²) < 4.78 is 26.1. The van der Waals surface area contributed by atoms with Crippen molar-refractivity contribution < 1.29 is 8.42 Å². The summed E-state index contributed by atoms with van der Waals surface area (Å²) in [5.41, 5.74) is 0. The van der Waals surface area contributed by atoms with E-state index in [1.54, 1.807) is 4.31 Å². The molecule has 6 heteroatoms. The Hall–Kier alpha value is -1.37. The van der Waals surface area contributed by atoms with E-state index in [2.05, 4.69) is 18.7 Å². The second-order valence-electron chi connectivity index (χ2n) is 8.08. The zero-order chi connectivity index (χ0) is 22.3. The van der Waals surface area contributed by atoms with E-state index in [0.29, 0.717) is 25.9 Å². The summed E-state index contributed by atoms with van der Waals surface area (Å²) in [5, 5.41) is 18.1. The van der Waals surface area contributed by atoms with Crippen LogP contribution in [0.1, 0.15) is 116 Å². The fourth-order valence-corrected chi connectivity index (χ4v) is 4.56. The molecule has 30 heavy (non-hydrogen) atoms. The van der Waals surface area contributed by atoms with Crippen molar-refractivity contribution in [1.82, 2.24) is 4.31 Å². The molecule has 0 aliphatic rings. The van der Waals surface area contributed by atoms with Gasteiger partial charge in [-0.1, -0.05) is 83.6 Å². The molecule has 0 radical (unpaired) electrons. The third-order valence-corrected chi connectivity index (χ3v) is 6.97. The predicted octanol–water partition coefficient (Wildman–Crippen LogP) is 6.83. The van der Waals surface area contributed by atoms with E-state index in [-0.39, 0.29) is 0 Å². The second kappa shape index (κ2) is 20.9. The lowest BCUT2D eigenvalue weighted by Gasteiger charge is -2.20. The molecule has 0 rings (SSSR count). The first-order valence-electron chi connectivity index (χ1n) is 11.9. The van der Waals surface area contributed by atoms with Crippen LogP contribution in [0.3, 0.4) is 0 Å². The second-order valence-corrected chi connectivity index (χ2v) is 9.96. The lowest BCUT2D eigenvalue weighted by Crippen LogP contribution is -2.31. The van der Waals surface area contributed by atoms with E-state index in [9.17, 15) is 8.42 Å². The van der Waals surface area contributed by atoms with E-state index < -0.39 is 10.0 Å². The Morgan fingerprint density at radius 1 is 0.600 bits per heavy atom. The van der Waals surface area contributed by atoms with Gasteiger partial charge in [0.25, 0.3) is 0 Å². The van der Waals surface area contributed by atoms with Crippen LogP contribution < -0.4 is 0 Å². The van der Waals surface area contributed by atoms with Gasteiger partial charge in [0.2, 0.25) is 10.0 Å². The van der Waals surface area contributed by atoms with Crippen LogP contribution in [0.2, 0.25) is 0 Å². The summed E-state index contributed by atoms with van der Waals surface area (Å²) in [7, 11) is -3.34. The van der Waals surface area contributed by atoms with Crippen molar-refractivity contribution in [2.24, 2.45) is 0 Å². The summed E-state index contributed by atoms with van der Waals surface area (Å²) in [6.07, 6.45) is 19.0. The topological polar surface area (TPSA) is 85.0 Å². The maximum atomic E-state index is 12.2. The minimum absolute atomic E-state index is 0.593. The SMILES string of the molecule is C=CS(=O)(=O)N(CCCCCCCCCCC#N)CCCCCCCCCCC#N. The highest BCUT2D eigenvalue weighted by Crippen LogP contribution is 2.14.